The first-order valence-corrected chi connectivity index (χ1v) is 7.37. The van der Waals surface area contributed by atoms with Crippen LogP contribution in [0.15, 0.2) is 55.4 Å². The summed E-state index contributed by atoms with van der Waals surface area (Å²) in [5.74, 6) is -0.408. The molecule has 2 heterocycles. The highest BCUT2D eigenvalue weighted by Gasteiger charge is 2.32. The van der Waals surface area contributed by atoms with Crippen molar-refractivity contribution in [3.8, 4) is 0 Å². The van der Waals surface area contributed by atoms with Crippen LogP contribution in [-0.4, -0.2) is 28.2 Å². The molecule has 0 fully saturated rings. The number of carbonyl (C=O) groups excluding carboxylic acids is 2. The molecule has 1 aromatic carbocycles. The van der Waals surface area contributed by atoms with Gasteiger partial charge in [-0.3, -0.25) is 19.5 Å². The monoisotopic (exact) mass is 307 g/mol. The maximum absolute atomic E-state index is 12.4. The molecule has 1 aliphatic rings. The second-order valence-corrected chi connectivity index (χ2v) is 5.45. The van der Waals surface area contributed by atoms with Gasteiger partial charge in [-0.15, -0.1) is 0 Å². The molecule has 0 aliphatic carbocycles. The van der Waals surface area contributed by atoms with Gasteiger partial charge in [0.15, 0.2) is 0 Å². The molecule has 0 spiro atoms. The number of fused-ring (bicyclic) bond motifs is 1. The number of carbonyl (C=O) groups is 2. The molecule has 2 amide bonds. The van der Waals surface area contributed by atoms with Crippen molar-refractivity contribution in [2.24, 2.45) is 0 Å². The van der Waals surface area contributed by atoms with Crippen LogP contribution in [0.1, 0.15) is 34.5 Å². The molecule has 2 aromatic rings. The van der Waals surface area contributed by atoms with E-state index < -0.39 is 0 Å². The minimum atomic E-state index is -0.225. The van der Waals surface area contributed by atoms with E-state index in [1.165, 1.54) is 4.90 Å². The maximum atomic E-state index is 12.4. The van der Waals surface area contributed by atoms with Gasteiger partial charge in [0.2, 0.25) is 5.91 Å². The quantitative estimate of drug-likeness (QED) is 0.943. The molecule has 1 atom stereocenters. The van der Waals surface area contributed by atoms with Gasteiger partial charge in [-0.25, -0.2) is 0 Å². The van der Waals surface area contributed by atoms with Crippen LogP contribution in [0.5, 0.6) is 0 Å². The number of aromatic nitrogens is 1. The first kappa shape index (κ1) is 15.0. The van der Waals surface area contributed by atoms with Crippen LogP contribution in [0, 0.1) is 0 Å². The lowest BCUT2D eigenvalue weighted by Crippen LogP contribution is -2.37. The summed E-state index contributed by atoms with van der Waals surface area (Å²) in [7, 11) is 0. The molecule has 0 bridgehead atoms. The van der Waals surface area contributed by atoms with Crippen LogP contribution in [0.2, 0.25) is 0 Å². The van der Waals surface area contributed by atoms with Gasteiger partial charge in [-0.1, -0.05) is 24.8 Å². The van der Waals surface area contributed by atoms with Gasteiger partial charge < -0.3 is 5.32 Å². The van der Waals surface area contributed by atoms with E-state index in [2.05, 4.69) is 16.9 Å². The summed E-state index contributed by atoms with van der Waals surface area (Å²) in [5.41, 5.74) is 2.90. The minimum Gasteiger partial charge on any atom is -0.348 e. The molecule has 0 saturated carbocycles. The predicted molar refractivity (Wildman–Crippen MR) is 87.3 cm³/mol. The van der Waals surface area contributed by atoms with Crippen molar-refractivity contribution in [1.29, 1.82) is 0 Å². The molecular weight excluding hydrogens is 290 g/mol. The van der Waals surface area contributed by atoms with Gasteiger partial charge in [0.1, 0.15) is 6.54 Å². The second-order valence-electron chi connectivity index (χ2n) is 5.45. The normalized spacial score (nSPS) is 14.6. The lowest BCUT2D eigenvalue weighted by molar-refractivity contribution is -0.121. The van der Waals surface area contributed by atoms with Crippen LogP contribution >= 0.6 is 0 Å². The number of hydrogen-bond acceptors (Lipinski definition) is 3. The minimum absolute atomic E-state index is 0.0399. The summed E-state index contributed by atoms with van der Waals surface area (Å²) in [5, 5.41) is 2.89. The number of benzene rings is 1. The molecular formula is C18H17N3O2. The van der Waals surface area contributed by atoms with Crippen LogP contribution in [0.4, 0.5) is 0 Å². The Kier molecular flexibility index (Phi) is 3.93. The van der Waals surface area contributed by atoms with E-state index in [1.54, 1.807) is 24.5 Å². The summed E-state index contributed by atoms with van der Waals surface area (Å²) >= 11 is 0. The zero-order chi connectivity index (χ0) is 16.4. The fourth-order valence-electron chi connectivity index (χ4n) is 2.67. The van der Waals surface area contributed by atoms with Crippen molar-refractivity contribution in [1.82, 2.24) is 15.2 Å². The predicted octanol–water partition coefficient (Wildman–Crippen LogP) is 2.39. The van der Waals surface area contributed by atoms with Gasteiger partial charge in [0.25, 0.3) is 5.91 Å². The van der Waals surface area contributed by atoms with E-state index in [4.69, 9.17) is 0 Å². The topological polar surface area (TPSA) is 62.3 Å². The molecule has 3 rings (SSSR count). The number of amides is 2. The fraction of sp³-hybridized carbons (Fsp3) is 0.167. The van der Waals surface area contributed by atoms with Crippen molar-refractivity contribution in [3.63, 3.8) is 0 Å². The molecule has 0 unspecified atom stereocenters. The Morgan fingerprint density at radius 1 is 1.22 bits per heavy atom. The highest BCUT2D eigenvalue weighted by atomic mass is 16.2. The largest absolute Gasteiger partial charge is 0.348 e. The Balaban J connectivity index is 1.68. The van der Waals surface area contributed by atoms with E-state index in [1.807, 2.05) is 31.2 Å². The molecule has 116 valence electrons. The van der Waals surface area contributed by atoms with Gasteiger partial charge in [-0.05, 0) is 30.7 Å². The maximum Gasteiger partial charge on any atom is 0.259 e. The van der Waals surface area contributed by atoms with Gasteiger partial charge in [0.05, 0.1) is 6.04 Å². The van der Waals surface area contributed by atoms with E-state index in [0.29, 0.717) is 11.3 Å². The Morgan fingerprint density at radius 3 is 2.52 bits per heavy atom. The number of rotatable bonds is 4. The summed E-state index contributed by atoms with van der Waals surface area (Å²) in [4.78, 5) is 30.0. The average Bonchev–Trinajstić information content (AvgIpc) is 2.81. The van der Waals surface area contributed by atoms with Crippen molar-refractivity contribution in [2.75, 3.05) is 6.54 Å². The smallest absolute Gasteiger partial charge is 0.259 e. The first-order chi connectivity index (χ1) is 11.1. The fourth-order valence-corrected chi connectivity index (χ4v) is 2.67. The zero-order valence-electron chi connectivity index (χ0n) is 12.8. The lowest BCUT2D eigenvalue weighted by Gasteiger charge is -2.19. The van der Waals surface area contributed by atoms with E-state index >= 15 is 0 Å². The summed E-state index contributed by atoms with van der Waals surface area (Å²) in [6.45, 7) is 5.79. The summed E-state index contributed by atoms with van der Waals surface area (Å²) < 4.78 is 0. The highest BCUT2D eigenvalue weighted by molar-refractivity contribution is 6.10. The van der Waals surface area contributed by atoms with Gasteiger partial charge in [-0.2, -0.15) is 0 Å². The van der Waals surface area contributed by atoms with Crippen molar-refractivity contribution >= 4 is 17.5 Å². The number of nitrogens with one attached hydrogen (secondary N) is 1. The number of hydrogen-bond donors (Lipinski definition) is 1. The van der Waals surface area contributed by atoms with Gasteiger partial charge >= 0.3 is 0 Å². The van der Waals surface area contributed by atoms with Crippen molar-refractivity contribution in [3.05, 3.63) is 72.1 Å². The standard InChI is InChI=1S/C18H17N3O2/c1-12(14-7-9-19-10-8-14)20-17(22)11-21-13(2)15-5-3-4-6-16(15)18(21)23/h3-10,12H,2,11H2,1H3,(H,20,22)/t12-/m0/s1. The third-order valence-corrected chi connectivity index (χ3v) is 3.92. The zero-order valence-corrected chi connectivity index (χ0v) is 12.8. The Morgan fingerprint density at radius 2 is 1.87 bits per heavy atom. The van der Waals surface area contributed by atoms with Crippen LogP contribution in [-0.2, 0) is 4.79 Å². The van der Waals surface area contributed by atoms with E-state index in [0.717, 1.165) is 11.1 Å². The van der Waals surface area contributed by atoms with Crippen LogP contribution in [0.3, 0.4) is 0 Å². The van der Waals surface area contributed by atoms with Crippen molar-refractivity contribution in [2.45, 2.75) is 13.0 Å². The first-order valence-electron chi connectivity index (χ1n) is 7.37. The molecule has 0 radical (unpaired) electrons. The van der Waals surface area contributed by atoms with Crippen LogP contribution < -0.4 is 5.32 Å². The molecule has 5 nitrogen and oxygen atoms in total. The summed E-state index contributed by atoms with van der Waals surface area (Å²) in [6.07, 6.45) is 3.36. The van der Waals surface area contributed by atoms with E-state index in [9.17, 15) is 9.59 Å². The molecule has 0 saturated heterocycles. The average molecular weight is 307 g/mol. The second kappa shape index (κ2) is 6.04. The third-order valence-electron chi connectivity index (χ3n) is 3.92. The summed E-state index contributed by atoms with van der Waals surface area (Å²) in [6, 6.07) is 10.8. The highest BCUT2D eigenvalue weighted by Crippen LogP contribution is 2.30. The Bertz CT molecular complexity index is 736. The number of pyridine rings is 1. The van der Waals surface area contributed by atoms with Crippen LogP contribution in [0.25, 0.3) is 5.70 Å². The molecule has 1 aromatic heterocycles. The lowest BCUT2D eigenvalue weighted by atomic mass is 10.1. The Labute approximate surface area is 134 Å². The van der Waals surface area contributed by atoms with E-state index in [-0.39, 0.29) is 24.4 Å². The molecule has 1 N–H and O–H groups in total. The SMILES string of the molecule is C=C1c2ccccc2C(=O)N1CC(=O)N[C@@H](C)c1ccncc1. The van der Waals surface area contributed by atoms with Gasteiger partial charge in [0, 0.05) is 29.2 Å². The number of nitrogens with zero attached hydrogens (tertiary/aromatic N) is 2. The van der Waals surface area contributed by atoms with Crippen molar-refractivity contribution < 1.29 is 9.59 Å². The Hall–Kier alpha value is -2.95. The molecule has 5 heteroatoms. The molecule has 23 heavy (non-hydrogen) atoms. The third kappa shape index (κ3) is 2.85. The molecule has 1 aliphatic heterocycles.